The van der Waals surface area contributed by atoms with E-state index in [1.54, 1.807) is 6.92 Å². The highest BCUT2D eigenvalue weighted by Gasteiger charge is 2.77. The zero-order valence-corrected chi connectivity index (χ0v) is 22.5. The van der Waals surface area contributed by atoms with Crippen molar-refractivity contribution in [2.75, 3.05) is 6.61 Å². The van der Waals surface area contributed by atoms with Crippen molar-refractivity contribution in [3.8, 4) is 0 Å². The Morgan fingerprint density at radius 3 is 2.45 bits per heavy atom. The van der Waals surface area contributed by atoms with Crippen molar-refractivity contribution in [2.45, 2.75) is 82.0 Å². The van der Waals surface area contributed by atoms with Crippen LogP contribution in [0.5, 0.6) is 0 Å². The predicted octanol–water partition coefficient (Wildman–Crippen LogP) is 1.17. The number of ketones is 1. The molecule has 0 unspecified atom stereocenters. The summed E-state index contributed by atoms with van der Waals surface area (Å²) >= 11 is 6.74. The highest BCUT2D eigenvalue weighted by Crippen LogP contribution is 2.61. The molecule has 0 saturated carbocycles. The van der Waals surface area contributed by atoms with Crippen molar-refractivity contribution < 1.29 is 52.8 Å². The van der Waals surface area contributed by atoms with Gasteiger partial charge >= 0.3 is 23.9 Å². The Labute approximate surface area is 224 Å². The first-order valence-electron chi connectivity index (χ1n) is 12.2. The second kappa shape index (κ2) is 9.46. The van der Waals surface area contributed by atoms with Gasteiger partial charge in [0, 0.05) is 19.3 Å². The number of carbonyl (C=O) groups is 5. The molecule has 10 atom stereocenters. The number of halogens is 1. The molecule has 1 N–H and O–H groups in total. The van der Waals surface area contributed by atoms with Gasteiger partial charge in [0.05, 0.1) is 29.4 Å². The number of fused-ring (bicyclic) bond motifs is 3. The predicted molar refractivity (Wildman–Crippen MR) is 128 cm³/mol. The molecule has 1 spiro atoms. The molecule has 3 fully saturated rings. The SMILES string of the molecule is C=C1C[C@@H](O)[C@H]2O[C@]3([C@@H](C)C(=O)O[C@H]3[C@@H]1Cl)[C@@H](OC(=O)COC(C)=O)[C@H]1[C@]2(C)C=CC(=O)[C@@]1(C)OC(C)=O. The van der Waals surface area contributed by atoms with Crippen LogP contribution < -0.4 is 0 Å². The number of esters is 4. The molecule has 3 saturated heterocycles. The van der Waals surface area contributed by atoms with Gasteiger partial charge < -0.3 is 28.8 Å². The van der Waals surface area contributed by atoms with Crippen molar-refractivity contribution in [3.63, 3.8) is 0 Å². The molecule has 1 aliphatic carbocycles. The third-order valence-corrected chi connectivity index (χ3v) is 8.78. The second-order valence-corrected chi connectivity index (χ2v) is 11.2. The van der Waals surface area contributed by atoms with Crippen LogP contribution >= 0.6 is 11.6 Å². The minimum Gasteiger partial charge on any atom is -0.457 e. The highest BCUT2D eigenvalue weighted by molar-refractivity contribution is 6.23. The fourth-order valence-electron chi connectivity index (χ4n) is 6.55. The zero-order valence-electron chi connectivity index (χ0n) is 21.7. The number of hydrogen-bond donors (Lipinski definition) is 1. The van der Waals surface area contributed by atoms with Gasteiger partial charge in [-0.1, -0.05) is 25.2 Å². The van der Waals surface area contributed by atoms with Crippen molar-refractivity contribution in [1.29, 1.82) is 0 Å². The van der Waals surface area contributed by atoms with E-state index in [-0.39, 0.29) is 6.42 Å². The van der Waals surface area contributed by atoms with Gasteiger partial charge in [-0.3, -0.25) is 19.2 Å². The molecule has 4 rings (SSSR count). The monoisotopic (exact) mass is 554 g/mol. The first-order chi connectivity index (χ1) is 17.6. The van der Waals surface area contributed by atoms with Crippen LogP contribution in [-0.2, 0) is 47.7 Å². The number of carbonyl (C=O) groups excluding carboxylic acids is 5. The normalized spacial score (nSPS) is 43.7. The molecular weight excluding hydrogens is 524 g/mol. The first kappa shape index (κ1) is 28.3. The number of alkyl halides is 1. The van der Waals surface area contributed by atoms with E-state index in [0.29, 0.717) is 5.57 Å². The molecule has 0 aromatic carbocycles. The summed E-state index contributed by atoms with van der Waals surface area (Å²) in [6.45, 7) is 10.0. The molecule has 0 aromatic heterocycles. The molecule has 3 heterocycles. The van der Waals surface area contributed by atoms with Crippen LogP contribution in [0.2, 0.25) is 0 Å². The molecule has 0 aromatic rings. The topological polar surface area (TPSA) is 152 Å². The summed E-state index contributed by atoms with van der Waals surface area (Å²) in [6.07, 6.45) is -2.28. The Bertz CT molecular complexity index is 1130. The van der Waals surface area contributed by atoms with Crippen molar-refractivity contribution in [3.05, 3.63) is 24.3 Å². The smallest absolute Gasteiger partial charge is 0.344 e. The maximum Gasteiger partial charge on any atom is 0.344 e. The molecule has 12 heteroatoms. The molecule has 208 valence electrons. The Morgan fingerprint density at radius 1 is 1.18 bits per heavy atom. The Hall–Kier alpha value is -2.76. The third-order valence-electron chi connectivity index (χ3n) is 8.24. The van der Waals surface area contributed by atoms with E-state index in [2.05, 4.69) is 6.58 Å². The van der Waals surface area contributed by atoms with E-state index in [4.69, 9.17) is 35.3 Å². The average molecular weight is 555 g/mol. The molecule has 38 heavy (non-hydrogen) atoms. The van der Waals surface area contributed by atoms with Crippen LogP contribution in [0.25, 0.3) is 0 Å². The molecule has 2 bridgehead atoms. The van der Waals surface area contributed by atoms with Gasteiger partial charge in [0.15, 0.2) is 29.7 Å². The van der Waals surface area contributed by atoms with E-state index in [9.17, 15) is 29.1 Å². The van der Waals surface area contributed by atoms with E-state index < -0.39 is 94.5 Å². The number of aliphatic hydroxyl groups excluding tert-OH is 1. The largest absolute Gasteiger partial charge is 0.457 e. The minimum absolute atomic E-state index is 0.0113. The van der Waals surface area contributed by atoms with Crippen LogP contribution in [-0.4, -0.2) is 82.4 Å². The summed E-state index contributed by atoms with van der Waals surface area (Å²) in [6, 6.07) is 0. The summed E-state index contributed by atoms with van der Waals surface area (Å²) in [5.74, 6) is -6.11. The molecule has 3 aliphatic heterocycles. The van der Waals surface area contributed by atoms with Gasteiger partial charge in [0.25, 0.3) is 0 Å². The fourth-order valence-corrected chi connectivity index (χ4v) is 6.89. The van der Waals surface area contributed by atoms with Crippen LogP contribution in [0.15, 0.2) is 24.3 Å². The van der Waals surface area contributed by atoms with Crippen LogP contribution in [0, 0.1) is 17.3 Å². The van der Waals surface area contributed by atoms with Crippen molar-refractivity contribution in [1.82, 2.24) is 0 Å². The molecule has 0 radical (unpaired) electrons. The van der Waals surface area contributed by atoms with Crippen LogP contribution in [0.1, 0.15) is 41.0 Å². The minimum atomic E-state index is -1.91. The first-order valence-corrected chi connectivity index (χ1v) is 12.7. The van der Waals surface area contributed by atoms with Gasteiger partial charge in [0.1, 0.15) is 6.10 Å². The molecule has 4 aliphatic rings. The fraction of sp³-hybridized carbons (Fsp3) is 0.654. The van der Waals surface area contributed by atoms with Crippen molar-refractivity contribution >= 4 is 41.3 Å². The Kier molecular flexibility index (Phi) is 7.03. The summed E-state index contributed by atoms with van der Waals surface area (Å²) in [4.78, 5) is 63.1. The molecule has 0 amide bonds. The second-order valence-electron chi connectivity index (χ2n) is 10.7. The van der Waals surface area contributed by atoms with E-state index >= 15 is 0 Å². The number of ether oxygens (including phenoxy) is 5. The van der Waals surface area contributed by atoms with Gasteiger partial charge in [-0.25, -0.2) is 4.79 Å². The van der Waals surface area contributed by atoms with Gasteiger partial charge in [-0.05, 0) is 26.3 Å². The summed E-state index contributed by atoms with van der Waals surface area (Å²) in [5, 5.41) is 10.3. The lowest BCUT2D eigenvalue weighted by molar-refractivity contribution is -0.319. The summed E-state index contributed by atoms with van der Waals surface area (Å²) in [5.41, 5.74) is -4.65. The molecular formula is C26H31ClO11. The van der Waals surface area contributed by atoms with Gasteiger partial charge in [-0.2, -0.15) is 0 Å². The van der Waals surface area contributed by atoms with Gasteiger partial charge in [-0.15, -0.1) is 11.6 Å². The van der Waals surface area contributed by atoms with E-state index in [0.717, 1.165) is 13.8 Å². The highest BCUT2D eigenvalue weighted by atomic mass is 35.5. The van der Waals surface area contributed by atoms with E-state index in [1.165, 1.54) is 26.0 Å². The maximum absolute atomic E-state index is 13.4. The Balaban J connectivity index is 2.00. The maximum atomic E-state index is 13.4. The lowest BCUT2D eigenvalue weighted by atomic mass is 9.52. The quantitative estimate of drug-likeness (QED) is 0.231. The standard InChI is InChI=1S/C26H31ClO11/c1-11-9-15(30)20-24(5)8-7-16(31)25(6,37-14(4)29)19(24)22(35-17(32)10-34-13(3)28)26(38-20)12(2)23(33)36-21(26)18(11)27/h7-8,12,15,18-22,30H,1,9-10H2,2-6H3/t12-,15+,18+,19-,20+,21-,22-,24-,25+,26-/m0/s1. The number of hydrogen-bond acceptors (Lipinski definition) is 11. The third kappa shape index (κ3) is 4.06. The van der Waals surface area contributed by atoms with E-state index in [1.807, 2.05) is 0 Å². The van der Waals surface area contributed by atoms with Crippen LogP contribution in [0.4, 0.5) is 0 Å². The molecule has 11 nitrogen and oxygen atoms in total. The lowest BCUT2D eigenvalue weighted by Crippen LogP contribution is -2.77. The van der Waals surface area contributed by atoms with Crippen molar-refractivity contribution in [2.24, 2.45) is 17.3 Å². The zero-order chi connectivity index (χ0) is 28.4. The summed E-state index contributed by atoms with van der Waals surface area (Å²) in [7, 11) is 0. The van der Waals surface area contributed by atoms with Crippen LogP contribution in [0.3, 0.4) is 0 Å². The Morgan fingerprint density at radius 2 is 1.84 bits per heavy atom. The number of rotatable bonds is 4. The lowest BCUT2D eigenvalue weighted by Gasteiger charge is -2.63. The van der Waals surface area contributed by atoms with Gasteiger partial charge in [0.2, 0.25) is 0 Å². The summed E-state index contributed by atoms with van der Waals surface area (Å²) < 4.78 is 28.6. The average Bonchev–Trinajstić information content (AvgIpc) is 3.06. The number of aliphatic hydroxyl groups is 1.